The zero-order chi connectivity index (χ0) is 23.1. The van der Waals surface area contributed by atoms with Crippen molar-refractivity contribution in [2.24, 2.45) is 0 Å². The molecule has 0 saturated carbocycles. The number of ether oxygens (including phenoxy) is 1. The molecule has 0 atom stereocenters. The number of benzene rings is 2. The van der Waals surface area contributed by atoms with Crippen LogP contribution in [0, 0.1) is 6.92 Å². The standard InChI is InChI=1S/C26H26N6O2/c1-17-4-2-3-5-20(17)22-21-16-28-26(30-24(21)32-11-10-27-25(33)23(22)32)29-18-6-8-19(9-7-18)31-12-14-34-15-13-31/h2-9,16H,10-15H2,1H3,(H,27,33)(H,28,29,30). The third-order valence-corrected chi connectivity index (χ3v) is 6.55. The van der Waals surface area contributed by atoms with Crippen LogP contribution in [0.4, 0.5) is 17.3 Å². The molecule has 8 heteroatoms. The van der Waals surface area contributed by atoms with Gasteiger partial charge in [0, 0.05) is 54.7 Å². The highest BCUT2D eigenvalue weighted by molar-refractivity contribution is 6.10. The van der Waals surface area contributed by atoms with Gasteiger partial charge in [0.25, 0.3) is 5.91 Å². The van der Waals surface area contributed by atoms with E-state index in [0.717, 1.165) is 59.7 Å². The van der Waals surface area contributed by atoms with Crippen molar-refractivity contribution in [3.8, 4) is 11.1 Å². The average Bonchev–Trinajstić information content (AvgIpc) is 3.20. The number of hydrogen-bond acceptors (Lipinski definition) is 6. The molecule has 2 N–H and O–H groups in total. The van der Waals surface area contributed by atoms with Gasteiger partial charge in [0.1, 0.15) is 11.3 Å². The summed E-state index contributed by atoms with van der Waals surface area (Å²) in [5, 5.41) is 7.19. The van der Waals surface area contributed by atoms with Gasteiger partial charge < -0.3 is 24.8 Å². The van der Waals surface area contributed by atoms with Crippen LogP contribution in [0.1, 0.15) is 16.1 Å². The van der Waals surface area contributed by atoms with Gasteiger partial charge >= 0.3 is 0 Å². The first-order valence-electron chi connectivity index (χ1n) is 11.6. The number of nitrogens with zero attached hydrogens (tertiary/aromatic N) is 4. The second-order valence-electron chi connectivity index (χ2n) is 8.65. The molecule has 0 spiro atoms. The first-order valence-corrected chi connectivity index (χ1v) is 11.6. The summed E-state index contributed by atoms with van der Waals surface area (Å²) in [6.45, 7) is 6.65. The highest BCUT2D eigenvalue weighted by Gasteiger charge is 2.28. The van der Waals surface area contributed by atoms with Gasteiger partial charge in [0.2, 0.25) is 5.95 Å². The molecular weight excluding hydrogens is 428 g/mol. The molecule has 1 amide bonds. The van der Waals surface area contributed by atoms with Gasteiger partial charge in [0.15, 0.2) is 0 Å². The van der Waals surface area contributed by atoms with Gasteiger partial charge in [-0.25, -0.2) is 4.98 Å². The Labute approximate surface area is 197 Å². The summed E-state index contributed by atoms with van der Waals surface area (Å²) in [6, 6.07) is 16.4. The molecule has 2 aromatic carbocycles. The van der Waals surface area contributed by atoms with E-state index in [1.165, 1.54) is 5.69 Å². The topological polar surface area (TPSA) is 84.3 Å². The number of nitrogens with one attached hydrogen (secondary N) is 2. The number of anilines is 3. The molecule has 4 heterocycles. The van der Waals surface area contributed by atoms with Gasteiger partial charge in [-0.3, -0.25) is 4.79 Å². The van der Waals surface area contributed by atoms with E-state index in [4.69, 9.17) is 9.72 Å². The van der Waals surface area contributed by atoms with E-state index in [1.807, 2.05) is 35.0 Å². The Morgan fingerprint density at radius 1 is 1.03 bits per heavy atom. The molecular formula is C26H26N6O2. The Morgan fingerprint density at radius 3 is 2.62 bits per heavy atom. The lowest BCUT2D eigenvalue weighted by atomic mass is 9.98. The summed E-state index contributed by atoms with van der Waals surface area (Å²) >= 11 is 0. The maximum atomic E-state index is 12.9. The number of carbonyl (C=O) groups excluding carboxylic acids is 1. The number of aryl methyl sites for hydroxylation is 1. The van der Waals surface area contributed by atoms with E-state index in [2.05, 4.69) is 51.7 Å². The Bertz CT molecular complexity index is 1370. The molecule has 4 aromatic rings. The molecule has 172 valence electrons. The third-order valence-electron chi connectivity index (χ3n) is 6.55. The van der Waals surface area contributed by atoms with Gasteiger partial charge in [-0.1, -0.05) is 24.3 Å². The van der Waals surface area contributed by atoms with Crippen LogP contribution in [0.3, 0.4) is 0 Å². The number of rotatable bonds is 4. The Balaban J connectivity index is 1.37. The summed E-state index contributed by atoms with van der Waals surface area (Å²) in [6.07, 6.45) is 1.83. The van der Waals surface area contributed by atoms with Crippen LogP contribution in [-0.4, -0.2) is 53.3 Å². The summed E-state index contributed by atoms with van der Waals surface area (Å²) in [4.78, 5) is 24.7. The van der Waals surface area contributed by atoms with Gasteiger partial charge in [-0.15, -0.1) is 0 Å². The van der Waals surface area contributed by atoms with Crippen LogP contribution >= 0.6 is 0 Å². The lowest BCUT2D eigenvalue weighted by Gasteiger charge is -2.28. The average molecular weight is 455 g/mol. The van der Waals surface area contributed by atoms with Crippen LogP contribution in [-0.2, 0) is 11.3 Å². The second kappa shape index (κ2) is 8.46. The molecule has 8 nitrogen and oxygen atoms in total. The van der Waals surface area contributed by atoms with Crippen molar-refractivity contribution in [3.63, 3.8) is 0 Å². The number of carbonyl (C=O) groups is 1. The lowest BCUT2D eigenvalue weighted by molar-refractivity contribution is 0.0929. The third kappa shape index (κ3) is 3.56. The van der Waals surface area contributed by atoms with Gasteiger partial charge in [-0.2, -0.15) is 4.98 Å². The monoisotopic (exact) mass is 454 g/mol. The molecule has 1 saturated heterocycles. The van der Waals surface area contributed by atoms with Gasteiger partial charge in [0.05, 0.1) is 13.2 Å². The Hall–Kier alpha value is -3.91. The number of hydrogen-bond donors (Lipinski definition) is 2. The van der Waals surface area contributed by atoms with E-state index >= 15 is 0 Å². The fourth-order valence-electron chi connectivity index (χ4n) is 4.83. The van der Waals surface area contributed by atoms with E-state index < -0.39 is 0 Å². The van der Waals surface area contributed by atoms with Crippen LogP contribution in [0.2, 0.25) is 0 Å². The number of amides is 1. The first kappa shape index (κ1) is 20.7. The van der Waals surface area contributed by atoms with Crippen molar-refractivity contribution in [2.75, 3.05) is 43.1 Å². The molecule has 0 bridgehead atoms. The van der Waals surface area contributed by atoms with Crippen molar-refractivity contribution in [2.45, 2.75) is 13.5 Å². The minimum Gasteiger partial charge on any atom is -0.378 e. The molecule has 34 heavy (non-hydrogen) atoms. The minimum absolute atomic E-state index is 0.0734. The predicted octanol–water partition coefficient (Wildman–Crippen LogP) is 3.73. The van der Waals surface area contributed by atoms with Crippen molar-refractivity contribution < 1.29 is 9.53 Å². The SMILES string of the molecule is Cc1ccccc1-c1c2n(c3nc(Nc4ccc(N5CCOCC5)cc4)ncc13)CCNC2=O. The number of morpholine rings is 1. The smallest absolute Gasteiger partial charge is 0.268 e. The maximum Gasteiger partial charge on any atom is 0.268 e. The maximum absolute atomic E-state index is 12.9. The fraction of sp³-hybridized carbons (Fsp3) is 0.269. The molecule has 0 aliphatic carbocycles. The first-order chi connectivity index (χ1) is 16.7. The van der Waals surface area contributed by atoms with Crippen LogP contribution in [0.25, 0.3) is 22.2 Å². The molecule has 6 rings (SSSR count). The van der Waals surface area contributed by atoms with E-state index in [9.17, 15) is 4.79 Å². The molecule has 0 radical (unpaired) electrons. The predicted molar refractivity (Wildman–Crippen MR) is 133 cm³/mol. The summed E-state index contributed by atoms with van der Waals surface area (Å²) in [7, 11) is 0. The Kier molecular flexibility index (Phi) is 5.15. The fourth-order valence-corrected chi connectivity index (χ4v) is 4.83. The molecule has 2 aliphatic heterocycles. The van der Waals surface area contributed by atoms with Crippen molar-refractivity contribution in [1.29, 1.82) is 0 Å². The summed E-state index contributed by atoms with van der Waals surface area (Å²) in [5.41, 5.74) is 6.55. The number of aromatic nitrogens is 3. The quantitative estimate of drug-likeness (QED) is 0.489. The number of fused-ring (bicyclic) bond motifs is 3. The van der Waals surface area contributed by atoms with Crippen LogP contribution in [0.15, 0.2) is 54.7 Å². The van der Waals surface area contributed by atoms with Crippen LogP contribution in [0.5, 0.6) is 0 Å². The highest BCUT2D eigenvalue weighted by Crippen LogP contribution is 2.37. The zero-order valence-corrected chi connectivity index (χ0v) is 19.0. The van der Waals surface area contributed by atoms with E-state index in [-0.39, 0.29) is 5.91 Å². The zero-order valence-electron chi connectivity index (χ0n) is 19.0. The van der Waals surface area contributed by atoms with E-state index in [1.54, 1.807) is 0 Å². The lowest BCUT2D eigenvalue weighted by Crippen LogP contribution is -2.36. The Morgan fingerprint density at radius 2 is 1.82 bits per heavy atom. The van der Waals surface area contributed by atoms with Crippen molar-refractivity contribution in [3.05, 3.63) is 66.0 Å². The molecule has 2 aliphatic rings. The summed E-state index contributed by atoms with van der Waals surface area (Å²) < 4.78 is 7.46. The summed E-state index contributed by atoms with van der Waals surface area (Å²) in [5.74, 6) is 0.435. The largest absolute Gasteiger partial charge is 0.378 e. The normalized spacial score (nSPS) is 15.8. The van der Waals surface area contributed by atoms with Crippen LogP contribution < -0.4 is 15.5 Å². The van der Waals surface area contributed by atoms with Crippen molar-refractivity contribution >= 4 is 34.3 Å². The second-order valence-corrected chi connectivity index (χ2v) is 8.65. The molecule has 1 fully saturated rings. The van der Waals surface area contributed by atoms with Crippen molar-refractivity contribution in [1.82, 2.24) is 19.9 Å². The molecule has 2 aromatic heterocycles. The highest BCUT2D eigenvalue weighted by atomic mass is 16.5. The molecule has 0 unspecified atom stereocenters. The van der Waals surface area contributed by atoms with E-state index in [0.29, 0.717) is 24.7 Å². The minimum atomic E-state index is -0.0734. The van der Waals surface area contributed by atoms with Gasteiger partial charge in [-0.05, 0) is 42.3 Å².